The Hall–Kier alpha value is -0.850. The Balaban J connectivity index is 2.17. The first kappa shape index (κ1) is 12.6. The lowest BCUT2D eigenvalue weighted by Gasteiger charge is -2.03. The highest BCUT2D eigenvalue weighted by Gasteiger charge is 2.12. The van der Waals surface area contributed by atoms with Crippen molar-refractivity contribution in [2.45, 2.75) is 0 Å². The molecule has 1 aromatic carbocycles. The molecule has 0 aliphatic carbocycles. The zero-order chi connectivity index (χ0) is 12.4. The molecule has 2 aromatic rings. The highest BCUT2D eigenvalue weighted by atomic mass is 79.9. The van der Waals surface area contributed by atoms with Crippen molar-refractivity contribution < 1.29 is 4.79 Å². The summed E-state index contributed by atoms with van der Waals surface area (Å²) in [6.07, 6.45) is 0. The minimum absolute atomic E-state index is 0.146. The van der Waals surface area contributed by atoms with Crippen molar-refractivity contribution >= 4 is 60.5 Å². The third-order valence-electron chi connectivity index (χ3n) is 2.01. The Bertz CT molecular complexity index is 549. The maximum atomic E-state index is 11.9. The Morgan fingerprint density at radius 1 is 1.29 bits per heavy atom. The van der Waals surface area contributed by atoms with Crippen LogP contribution in [0.25, 0.3) is 0 Å². The van der Waals surface area contributed by atoms with E-state index in [1.165, 1.54) is 11.3 Å². The number of nitrogens with two attached hydrogens (primary N) is 1. The first-order chi connectivity index (χ1) is 8.06. The maximum Gasteiger partial charge on any atom is 0.265 e. The molecule has 3 N–H and O–H groups in total. The van der Waals surface area contributed by atoms with Gasteiger partial charge in [0.25, 0.3) is 5.91 Å². The van der Waals surface area contributed by atoms with Gasteiger partial charge in [-0.2, -0.15) is 0 Å². The maximum absolute atomic E-state index is 11.9. The van der Waals surface area contributed by atoms with Crippen LogP contribution in [0.3, 0.4) is 0 Å². The van der Waals surface area contributed by atoms with Crippen molar-refractivity contribution in [3.63, 3.8) is 0 Å². The van der Waals surface area contributed by atoms with Gasteiger partial charge in [0, 0.05) is 15.8 Å². The van der Waals surface area contributed by atoms with Crippen LogP contribution in [0.5, 0.6) is 0 Å². The Morgan fingerprint density at radius 2 is 2.06 bits per heavy atom. The standard InChI is InChI=1S/C11H8Br2N2OS/c12-8-5-9(17-10(8)13)11(16)15-7-3-1-2-6(14)4-7/h1-5H,14H2,(H,15,16). The molecule has 2 rings (SSSR count). The zero-order valence-corrected chi connectivity index (χ0v) is 12.5. The van der Waals surface area contributed by atoms with Crippen LogP contribution < -0.4 is 11.1 Å². The van der Waals surface area contributed by atoms with Crippen LogP contribution >= 0.6 is 43.2 Å². The molecule has 0 saturated carbocycles. The molecule has 88 valence electrons. The fourth-order valence-electron chi connectivity index (χ4n) is 1.27. The third kappa shape index (κ3) is 3.08. The summed E-state index contributed by atoms with van der Waals surface area (Å²) in [5.41, 5.74) is 6.95. The molecule has 1 heterocycles. The molecule has 0 aliphatic heterocycles. The molecular weight excluding hydrogens is 368 g/mol. The van der Waals surface area contributed by atoms with Crippen LogP contribution in [-0.2, 0) is 0 Å². The summed E-state index contributed by atoms with van der Waals surface area (Å²) in [7, 11) is 0. The van der Waals surface area contributed by atoms with E-state index in [0.717, 1.165) is 8.26 Å². The molecule has 1 amide bonds. The molecular formula is C11H8Br2N2OS. The number of hydrogen-bond acceptors (Lipinski definition) is 3. The van der Waals surface area contributed by atoms with E-state index < -0.39 is 0 Å². The minimum Gasteiger partial charge on any atom is -0.399 e. The number of rotatable bonds is 2. The second kappa shape index (κ2) is 5.20. The molecule has 0 unspecified atom stereocenters. The van der Waals surface area contributed by atoms with E-state index >= 15 is 0 Å². The number of nitrogen functional groups attached to an aromatic ring is 1. The summed E-state index contributed by atoms with van der Waals surface area (Å²) in [5, 5.41) is 2.79. The Labute approximate surface area is 119 Å². The molecule has 0 aliphatic rings. The molecule has 0 radical (unpaired) electrons. The second-order valence-corrected chi connectivity index (χ2v) is 6.54. The second-order valence-electron chi connectivity index (χ2n) is 3.31. The van der Waals surface area contributed by atoms with Crippen LogP contribution in [0.2, 0.25) is 0 Å². The van der Waals surface area contributed by atoms with Crippen LogP contribution in [0, 0.1) is 0 Å². The highest BCUT2D eigenvalue weighted by molar-refractivity contribution is 9.13. The molecule has 1 aromatic heterocycles. The summed E-state index contributed by atoms with van der Waals surface area (Å²) in [6, 6.07) is 8.86. The average molecular weight is 376 g/mol. The first-order valence-electron chi connectivity index (χ1n) is 4.68. The van der Waals surface area contributed by atoms with Crippen molar-refractivity contribution in [1.82, 2.24) is 0 Å². The molecule has 0 bridgehead atoms. The molecule has 6 heteroatoms. The average Bonchev–Trinajstić information content (AvgIpc) is 2.59. The summed E-state index contributed by atoms with van der Waals surface area (Å²) in [6.45, 7) is 0. The van der Waals surface area contributed by atoms with Gasteiger partial charge in [-0.3, -0.25) is 4.79 Å². The third-order valence-corrected chi connectivity index (χ3v) is 5.27. The lowest BCUT2D eigenvalue weighted by molar-refractivity contribution is 0.103. The topological polar surface area (TPSA) is 55.1 Å². The quantitative estimate of drug-likeness (QED) is 0.776. The van der Waals surface area contributed by atoms with Crippen LogP contribution in [0.15, 0.2) is 38.6 Å². The number of thiophene rings is 1. The SMILES string of the molecule is Nc1cccc(NC(=O)c2cc(Br)c(Br)s2)c1. The number of carbonyl (C=O) groups is 1. The van der Waals surface area contributed by atoms with E-state index in [0.29, 0.717) is 16.3 Å². The van der Waals surface area contributed by atoms with Crippen LogP contribution in [0.1, 0.15) is 9.67 Å². The van der Waals surface area contributed by atoms with Gasteiger partial charge in [0.15, 0.2) is 0 Å². The highest BCUT2D eigenvalue weighted by Crippen LogP contribution is 2.32. The first-order valence-corrected chi connectivity index (χ1v) is 7.08. The van der Waals surface area contributed by atoms with E-state index in [-0.39, 0.29) is 5.91 Å². The lowest BCUT2D eigenvalue weighted by atomic mass is 10.3. The van der Waals surface area contributed by atoms with Gasteiger partial charge in [-0.25, -0.2) is 0 Å². The van der Waals surface area contributed by atoms with Gasteiger partial charge in [-0.15, -0.1) is 11.3 Å². The van der Waals surface area contributed by atoms with E-state index in [1.54, 1.807) is 30.3 Å². The van der Waals surface area contributed by atoms with Crippen molar-refractivity contribution in [3.8, 4) is 0 Å². The van der Waals surface area contributed by atoms with E-state index in [2.05, 4.69) is 37.2 Å². The number of hydrogen-bond donors (Lipinski definition) is 2. The number of halogens is 2. The van der Waals surface area contributed by atoms with E-state index in [9.17, 15) is 4.79 Å². The van der Waals surface area contributed by atoms with Crippen molar-refractivity contribution in [2.75, 3.05) is 11.1 Å². The number of anilines is 2. The molecule has 0 spiro atoms. The normalized spacial score (nSPS) is 10.2. The van der Waals surface area contributed by atoms with E-state index in [1.807, 2.05) is 0 Å². The number of amides is 1. The molecule has 0 fully saturated rings. The lowest BCUT2D eigenvalue weighted by Crippen LogP contribution is -2.10. The Morgan fingerprint density at radius 3 is 2.65 bits per heavy atom. The number of carbonyl (C=O) groups excluding carboxylic acids is 1. The largest absolute Gasteiger partial charge is 0.399 e. The fourth-order valence-corrected chi connectivity index (χ4v) is 3.20. The number of benzene rings is 1. The van der Waals surface area contributed by atoms with Gasteiger partial charge in [-0.05, 0) is 56.1 Å². The van der Waals surface area contributed by atoms with Crippen LogP contribution in [-0.4, -0.2) is 5.91 Å². The summed E-state index contributed by atoms with van der Waals surface area (Å²) < 4.78 is 1.77. The predicted molar refractivity (Wildman–Crippen MR) is 78.5 cm³/mol. The summed E-state index contributed by atoms with van der Waals surface area (Å²) in [5.74, 6) is -0.146. The van der Waals surface area contributed by atoms with E-state index in [4.69, 9.17) is 5.73 Å². The minimum atomic E-state index is -0.146. The Kier molecular flexibility index (Phi) is 3.86. The van der Waals surface area contributed by atoms with Gasteiger partial charge in [0.1, 0.15) is 0 Å². The predicted octanol–water partition coefficient (Wildman–Crippen LogP) is 4.11. The van der Waals surface area contributed by atoms with Gasteiger partial charge in [0.2, 0.25) is 0 Å². The molecule has 17 heavy (non-hydrogen) atoms. The van der Waals surface area contributed by atoms with Gasteiger partial charge in [-0.1, -0.05) is 6.07 Å². The summed E-state index contributed by atoms with van der Waals surface area (Å²) >= 11 is 8.07. The van der Waals surface area contributed by atoms with Gasteiger partial charge >= 0.3 is 0 Å². The smallest absolute Gasteiger partial charge is 0.265 e. The number of nitrogens with one attached hydrogen (secondary N) is 1. The van der Waals surface area contributed by atoms with Crippen LogP contribution in [0.4, 0.5) is 11.4 Å². The molecule has 3 nitrogen and oxygen atoms in total. The van der Waals surface area contributed by atoms with Crippen molar-refractivity contribution in [3.05, 3.63) is 43.5 Å². The van der Waals surface area contributed by atoms with Crippen molar-refractivity contribution in [2.24, 2.45) is 0 Å². The zero-order valence-electron chi connectivity index (χ0n) is 8.54. The fraction of sp³-hybridized carbons (Fsp3) is 0. The monoisotopic (exact) mass is 374 g/mol. The van der Waals surface area contributed by atoms with Gasteiger partial charge < -0.3 is 11.1 Å². The van der Waals surface area contributed by atoms with Gasteiger partial charge in [0.05, 0.1) is 8.66 Å². The summed E-state index contributed by atoms with van der Waals surface area (Å²) in [4.78, 5) is 12.5. The van der Waals surface area contributed by atoms with Crippen molar-refractivity contribution in [1.29, 1.82) is 0 Å². The molecule has 0 saturated heterocycles. The molecule has 0 atom stereocenters.